The van der Waals surface area contributed by atoms with Gasteiger partial charge in [0.15, 0.2) is 0 Å². The molecule has 0 unspecified atom stereocenters. The third-order valence-electron chi connectivity index (χ3n) is 0. The molecule has 0 bridgehead atoms. The van der Waals surface area contributed by atoms with Gasteiger partial charge in [-0.2, -0.15) is 0 Å². The zero-order valence-corrected chi connectivity index (χ0v) is 7.33. The van der Waals surface area contributed by atoms with Crippen LogP contribution in [0.1, 0.15) is 0 Å². The Morgan fingerprint density at radius 3 is 0.571 bits per heavy atom. The Labute approximate surface area is 87.2 Å². The fourth-order valence-electron chi connectivity index (χ4n) is 0. The monoisotopic (exact) mass is 150 g/mol. The maximum absolute atomic E-state index is 0. The molecular formula is H6CaMgO5. The minimum Gasteiger partial charge on any atom is -0.870 e. The van der Waals surface area contributed by atoms with Crippen LogP contribution >= 0.6 is 0 Å². The van der Waals surface area contributed by atoms with Crippen molar-refractivity contribution in [1.29, 1.82) is 0 Å². The van der Waals surface area contributed by atoms with Crippen LogP contribution in [-0.2, 0) is 0 Å². The second-order valence-corrected chi connectivity index (χ2v) is 0. The molecule has 5 nitrogen and oxygen atoms in total. The largest absolute Gasteiger partial charge is 2.00 e. The average molecular weight is 150 g/mol. The molecule has 0 heterocycles. The summed E-state index contributed by atoms with van der Waals surface area (Å²) in [5, 5.41) is 0. The molecule has 0 radical (unpaired) electrons. The molecule has 6 N–H and O–H groups in total. The van der Waals surface area contributed by atoms with Crippen molar-refractivity contribution < 1.29 is 27.4 Å². The fourth-order valence-corrected chi connectivity index (χ4v) is 0. The van der Waals surface area contributed by atoms with Gasteiger partial charge in [-0.1, -0.05) is 0 Å². The van der Waals surface area contributed by atoms with Crippen molar-refractivity contribution in [3.8, 4) is 0 Å². The van der Waals surface area contributed by atoms with Crippen molar-refractivity contribution in [3.05, 3.63) is 0 Å². The molecule has 40 valence electrons. The summed E-state index contributed by atoms with van der Waals surface area (Å²) in [5.74, 6) is 0. The van der Waals surface area contributed by atoms with E-state index in [2.05, 4.69) is 0 Å². The van der Waals surface area contributed by atoms with E-state index in [4.69, 9.17) is 0 Å². The van der Waals surface area contributed by atoms with Crippen molar-refractivity contribution in [3.63, 3.8) is 0 Å². The SMILES string of the molecule is O.[Ca+2].[Mg+2].[OH-].[OH-].[OH-].[OH-]. The van der Waals surface area contributed by atoms with Crippen LogP contribution in [0.5, 0.6) is 0 Å². The molecule has 0 aliphatic carbocycles. The maximum Gasteiger partial charge on any atom is 2.00 e. The molecule has 0 saturated carbocycles. The minimum absolute atomic E-state index is 0. The molecule has 0 aliphatic heterocycles. The van der Waals surface area contributed by atoms with Gasteiger partial charge in [0.25, 0.3) is 0 Å². The Morgan fingerprint density at radius 1 is 0.571 bits per heavy atom. The van der Waals surface area contributed by atoms with E-state index in [0.29, 0.717) is 0 Å². The van der Waals surface area contributed by atoms with Crippen LogP contribution in [0.2, 0.25) is 0 Å². The smallest absolute Gasteiger partial charge is 0.870 e. The molecule has 0 aliphatic rings. The standard InChI is InChI=1S/Ca.Mg.5H2O/h;;5*1H2/q2*+2;;;;;/p-4. The van der Waals surface area contributed by atoms with Crippen LogP contribution in [0.3, 0.4) is 0 Å². The third kappa shape index (κ3) is 79.7. The molecule has 0 aromatic rings. The van der Waals surface area contributed by atoms with E-state index in [1.165, 1.54) is 0 Å². The predicted octanol–water partition coefficient (Wildman–Crippen LogP) is -2.29. The molecule has 0 rings (SSSR count). The van der Waals surface area contributed by atoms with Crippen LogP contribution in [0.25, 0.3) is 0 Å². The first-order valence-corrected chi connectivity index (χ1v) is 0. The Kier molecular flexibility index (Phi) is 2530. The summed E-state index contributed by atoms with van der Waals surface area (Å²) in [4.78, 5) is 0. The van der Waals surface area contributed by atoms with Crippen molar-refractivity contribution in [1.82, 2.24) is 0 Å². The van der Waals surface area contributed by atoms with Gasteiger partial charge in [0.05, 0.1) is 0 Å². The zero-order chi connectivity index (χ0) is 0. The molecule has 0 aromatic carbocycles. The summed E-state index contributed by atoms with van der Waals surface area (Å²) < 4.78 is 0. The van der Waals surface area contributed by atoms with Crippen molar-refractivity contribution in [2.75, 3.05) is 0 Å². The minimum atomic E-state index is 0. The fraction of sp³-hybridized carbons (Fsp3) is 0. The normalized spacial score (nSPS) is 0. The molecule has 0 saturated heterocycles. The van der Waals surface area contributed by atoms with Crippen LogP contribution in [0, 0.1) is 0 Å². The van der Waals surface area contributed by atoms with Gasteiger partial charge in [-0.25, -0.2) is 0 Å². The first kappa shape index (κ1) is 162. The Bertz CT molecular complexity index is 8.04. The Balaban J connectivity index is 0. The van der Waals surface area contributed by atoms with Gasteiger partial charge in [-0.15, -0.1) is 0 Å². The summed E-state index contributed by atoms with van der Waals surface area (Å²) in [5.41, 5.74) is 0. The Morgan fingerprint density at radius 2 is 0.571 bits per heavy atom. The summed E-state index contributed by atoms with van der Waals surface area (Å²) >= 11 is 0. The van der Waals surface area contributed by atoms with Gasteiger partial charge in [0.2, 0.25) is 0 Å². The first-order chi connectivity index (χ1) is 0. The molecule has 0 spiro atoms. The maximum atomic E-state index is 0. The summed E-state index contributed by atoms with van der Waals surface area (Å²) in [6.07, 6.45) is 0. The molecule has 7 heavy (non-hydrogen) atoms. The Hall–Kier alpha value is 1.83. The molecule has 0 amide bonds. The summed E-state index contributed by atoms with van der Waals surface area (Å²) in [6.45, 7) is 0. The molecule has 0 fully saturated rings. The van der Waals surface area contributed by atoms with Gasteiger partial charge in [-0.05, 0) is 0 Å². The van der Waals surface area contributed by atoms with Crippen LogP contribution in [-0.4, -0.2) is 88.2 Å². The van der Waals surface area contributed by atoms with Crippen LogP contribution in [0.4, 0.5) is 0 Å². The van der Waals surface area contributed by atoms with Crippen molar-refractivity contribution >= 4 is 60.8 Å². The zero-order valence-electron chi connectivity index (χ0n) is 3.70. The van der Waals surface area contributed by atoms with Crippen LogP contribution in [0.15, 0.2) is 0 Å². The average Bonchev–Trinajstić information content (AvgIpc) is 0. The van der Waals surface area contributed by atoms with Crippen molar-refractivity contribution in [2.45, 2.75) is 0 Å². The van der Waals surface area contributed by atoms with Crippen LogP contribution < -0.4 is 0 Å². The van der Waals surface area contributed by atoms with Gasteiger partial charge in [0, 0.05) is 0 Å². The van der Waals surface area contributed by atoms with E-state index < -0.39 is 0 Å². The molecule has 0 atom stereocenters. The van der Waals surface area contributed by atoms with E-state index in [0.717, 1.165) is 0 Å². The quantitative estimate of drug-likeness (QED) is 0.357. The third-order valence-corrected chi connectivity index (χ3v) is 0. The predicted molar refractivity (Wildman–Crippen MR) is 22.9 cm³/mol. The van der Waals surface area contributed by atoms with E-state index in [1.807, 2.05) is 0 Å². The van der Waals surface area contributed by atoms with E-state index in [9.17, 15) is 0 Å². The van der Waals surface area contributed by atoms with Gasteiger partial charge in [0.1, 0.15) is 0 Å². The molecule has 0 aromatic heterocycles. The summed E-state index contributed by atoms with van der Waals surface area (Å²) in [6, 6.07) is 0. The number of hydrogen-bond donors (Lipinski definition) is 0. The van der Waals surface area contributed by atoms with Gasteiger partial charge >= 0.3 is 60.8 Å². The van der Waals surface area contributed by atoms with E-state index in [1.54, 1.807) is 0 Å². The molecular weight excluding hydrogens is 144 g/mol. The van der Waals surface area contributed by atoms with E-state index in [-0.39, 0.29) is 88.2 Å². The first-order valence-electron chi connectivity index (χ1n) is 0. The summed E-state index contributed by atoms with van der Waals surface area (Å²) in [7, 11) is 0. The van der Waals surface area contributed by atoms with Gasteiger partial charge < -0.3 is 27.4 Å². The number of rotatable bonds is 0. The molecule has 7 heteroatoms. The van der Waals surface area contributed by atoms with E-state index >= 15 is 0 Å². The number of hydrogen-bond acceptors (Lipinski definition) is 4. The van der Waals surface area contributed by atoms with Gasteiger partial charge in [-0.3, -0.25) is 0 Å². The van der Waals surface area contributed by atoms with Crippen molar-refractivity contribution in [2.24, 2.45) is 0 Å². The second-order valence-electron chi connectivity index (χ2n) is 0. The topological polar surface area (TPSA) is 152 Å². The second kappa shape index (κ2) is 109.